The van der Waals surface area contributed by atoms with Crippen LogP contribution in [0.15, 0.2) is 54.6 Å². The summed E-state index contributed by atoms with van der Waals surface area (Å²) >= 11 is 0. The first-order valence-corrected chi connectivity index (χ1v) is 7.35. The molecule has 22 heavy (non-hydrogen) atoms. The molecule has 0 aromatic heterocycles. The van der Waals surface area contributed by atoms with E-state index in [2.05, 4.69) is 0 Å². The summed E-state index contributed by atoms with van der Waals surface area (Å²) in [7, 11) is 0. The second kappa shape index (κ2) is 5.39. The summed E-state index contributed by atoms with van der Waals surface area (Å²) in [5.74, 6) is -1.09. The average Bonchev–Trinajstić information content (AvgIpc) is 2.55. The molecule has 2 aromatic carbocycles. The lowest BCUT2D eigenvalue weighted by Gasteiger charge is -2.38. The summed E-state index contributed by atoms with van der Waals surface area (Å²) in [6.07, 6.45) is 0.654. The van der Waals surface area contributed by atoms with Gasteiger partial charge in [-0.15, -0.1) is 0 Å². The van der Waals surface area contributed by atoms with E-state index in [1.54, 1.807) is 36.4 Å². The number of fused-ring (bicyclic) bond motifs is 1. The predicted molar refractivity (Wildman–Crippen MR) is 84.2 cm³/mol. The van der Waals surface area contributed by atoms with Gasteiger partial charge >= 0.3 is 0 Å². The van der Waals surface area contributed by atoms with E-state index in [1.165, 1.54) is 4.90 Å². The maximum atomic E-state index is 12.9. The van der Waals surface area contributed by atoms with Crippen LogP contribution in [0.4, 0.5) is 11.4 Å². The zero-order valence-electron chi connectivity index (χ0n) is 12.3. The van der Waals surface area contributed by atoms with Gasteiger partial charge in [-0.25, -0.2) is 0 Å². The number of ketones is 1. The number of benzene rings is 2. The van der Waals surface area contributed by atoms with Crippen LogP contribution in [0.5, 0.6) is 0 Å². The zero-order chi connectivity index (χ0) is 15.7. The Kier molecular flexibility index (Phi) is 3.54. The van der Waals surface area contributed by atoms with E-state index in [0.29, 0.717) is 23.4 Å². The smallest absolute Gasteiger partial charge is 0.271 e. The van der Waals surface area contributed by atoms with Gasteiger partial charge in [0, 0.05) is 11.3 Å². The summed E-state index contributed by atoms with van der Waals surface area (Å²) in [5, 5.41) is 10.7. The topological polar surface area (TPSA) is 57.6 Å². The molecular formula is C18H17NO3. The lowest BCUT2D eigenvalue weighted by Crippen LogP contribution is -2.56. The Balaban J connectivity index is 2.23. The van der Waals surface area contributed by atoms with Crippen molar-refractivity contribution < 1.29 is 14.7 Å². The molecule has 1 N–H and O–H groups in total. The molecular weight excluding hydrogens is 278 g/mol. The number of anilines is 2. The molecule has 4 heteroatoms. The Bertz CT molecular complexity index is 726. The minimum atomic E-state index is -1.99. The molecule has 0 saturated heterocycles. The number of para-hydroxylation sites is 2. The maximum absolute atomic E-state index is 12.9. The van der Waals surface area contributed by atoms with E-state index in [4.69, 9.17) is 0 Å². The molecule has 0 aliphatic carbocycles. The number of Topliss-reactive ketones (excluding diaryl/α,β-unsaturated/α-hetero) is 1. The highest BCUT2D eigenvalue weighted by Crippen LogP contribution is 2.39. The van der Waals surface area contributed by atoms with Gasteiger partial charge in [-0.05, 0) is 30.7 Å². The summed E-state index contributed by atoms with van der Waals surface area (Å²) in [6.45, 7) is 1.84. The van der Waals surface area contributed by atoms with Gasteiger partial charge in [0.1, 0.15) is 0 Å². The molecule has 1 amide bonds. The number of rotatable bonds is 3. The molecule has 2 aromatic rings. The Labute approximate surface area is 129 Å². The van der Waals surface area contributed by atoms with Gasteiger partial charge in [0.2, 0.25) is 11.4 Å². The minimum absolute atomic E-state index is 0.113. The van der Waals surface area contributed by atoms with Crippen LogP contribution in [0.3, 0.4) is 0 Å². The van der Waals surface area contributed by atoms with Crippen molar-refractivity contribution in [1.29, 1.82) is 0 Å². The van der Waals surface area contributed by atoms with Crippen molar-refractivity contribution >= 4 is 23.1 Å². The molecule has 1 aliphatic heterocycles. The van der Waals surface area contributed by atoms with Gasteiger partial charge in [0.15, 0.2) is 0 Å². The molecule has 112 valence electrons. The van der Waals surface area contributed by atoms with Crippen molar-refractivity contribution in [2.24, 2.45) is 0 Å². The van der Waals surface area contributed by atoms with Crippen LogP contribution in [0.25, 0.3) is 0 Å². The van der Waals surface area contributed by atoms with Gasteiger partial charge in [-0.1, -0.05) is 43.7 Å². The first-order chi connectivity index (χ1) is 10.6. The molecule has 1 aliphatic rings. The number of hydrogen-bond donors (Lipinski definition) is 1. The standard InChI is InChI=1S/C18H17NO3/c1-2-12-18(22)16(20)14-10-6-7-11-15(14)19(17(18)21)13-8-4-3-5-9-13/h3-11,22H,2,12H2,1H3. The van der Waals surface area contributed by atoms with Gasteiger partial charge < -0.3 is 5.11 Å². The molecule has 0 radical (unpaired) electrons. The number of hydrogen-bond acceptors (Lipinski definition) is 3. The van der Waals surface area contributed by atoms with E-state index >= 15 is 0 Å². The summed E-state index contributed by atoms with van der Waals surface area (Å²) in [5.41, 5.74) is -0.452. The van der Waals surface area contributed by atoms with Crippen molar-refractivity contribution in [1.82, 2.24) is 0 Å². The minimum Gasteiger partial charge on any atom is -0.373 e. The number of carbonyl (C=O) groups excluding carboxylic acids is 2. The summed E-state index contributed by atoms with van der Waals surface area (Å²) < 4.78 is 0. The lowest BCUT2D eigenvalue weighted by atomic mass is 9.82. The van der Waals surface area contributed by atoms with Gasteiger partial charge in [-0.3, -0.25) is 14.5 Å². The van der Waals surface area contributed by atoms with Crippen LogP contribution in [0.1, 0.15) is 30.1 Å². The van der Waals surface area contributed by atoms with Crippen molar-refractivity contribution in [3.05, 3.63) is 60.2 Å². The van der Waals surface area contributed by atoms with Crippen LogP contribution < -0.4 is 4.90 Å². The quantitative estimate of drug-likeness (QED) is 0.885. The van der Waals surface area contributed by atoms with Gasteiger partial charge in [-0.2, -0.15) is 0 Å². The molecule has 0 bridgehead atoms. The number of carbonyl (C=O) groups is 2. The van der Waals surface area contributed by atoms with E-state index in [-0.39, 0.29) is 6.42 Å². The fourth-order valence-electron chi connectivity index (χ4n) is 2.89. The number of nitrogens with zero attached hydrogens (tertiary/aromatic N) is 1. The Morgan fingerprint density at radius 3 is 2.32 bits per heavy atom. The van der Waals surface area contributed by atoms with Crippen LogP contribution in [0, 0.1) is 0 Å². The normalized spacial score (nSPS) is 20.9. The van der Waals surface area contributed by atoms with Crippen molar-refractivity contribution in [2.45, 2.75) is 25.4 Å². The highest BCUT2D eigenvalue weighted by molar-refractivity contribution is 6.29. The first-order valence-electron chi connectivity index (χ1n) is 7.35. The first kappa shape index (κ1) is 14.5. The molecule has 3 rings (SSSR count). The molecule has 0 saturated carbocycles. The number of amides is 1. The van der Waals surface area contributed by atoms with Gasteiger partial charge in [0.25, 0.3) is 5.91 Å². The van der Waals surface area contributed by atoms with Crippen LogP contribution >= 0.6 is 0 Å². The monoisotopic (exact) mass is 295 g/mol. The maximum Gasteiger partial charge on any atom is 0.271 e. The third-order valence-electron chi connectivity index (χ3n) is 3.95. The van der Waals surface area contributed by atoms with Crippen LogP contribution in [0.2, 0.25) is 0 Å². The molecule has 1 unspecified atom stereocenters. The van der Waals surface area contributed by atoms with Crippen LogP contribution in [-0.4, -0.2) is 22.4 Å². The number of aliphatic hydroxyl groups is 1. The Morgan fingerprint density at radius 2 is 1.64 bits per heavy atom. The highest BCUT2D eigenvalue weighted by Gasteiger charge is 2.51. The third kappa shape index (κ3) is 2.04. The molecule has 1 atom stereocenters. The summed E-state index contributed by atoms with van der Waals surface area (Å²) in [6, 6.07) is 16.0. The summed E-state index contributed by atoms with van der Waals surface area (Å²) in [4.78, 5) is 26.9. The SMILES string of the molecule is CCCC1(O)C(=O)c2ccccc2N(c2ccccc2)C1=O. The Morgan fingerprint density at radius 1 is 1.00 bits per heavy atom. The van der Waals surface area contributed by atoms with Crippen molar-refractivity contribution in [2.75, 3.05) is 4.90 Å². The van der Waals surface area contributed by atoms with Crippen LogP contribution in [-0.2, 0) is 4.79 Å². The second-order valence-electron chi connectivity index (χ2n) is 5.43. The highest BCUT2D eigenvalue weighted by atomic mass is 16.3. The lowest BCUT2D eigenvalue weighted by molar-refractivity contribution is -0.132. The molecule has 0 fully saturated rings. The molecule has 4 nitrogen and oxygen atoms in total. The average molecular weight is 295 g/mol. The zero-order valence-corrected chi connectivity index (χ0v) is 12.3. The van der Waals surface area contributed by atoms with Crippen molar-refractivity contribution in [3.63, 3.8) is 0 Å². The second-order valence-corrected chi connectivity index (χ2v) is 5.43. The largest absolute Gasteiger partial charge is 0.373 e. The van der Waals surface area contributed by atoms with E-state index in [0.717, 1.165) is 0 Å². The molecule has 0 spiro atoms. The van der Waals surface area contributed by atoms with E-state index < -0.39 is 17.3 Å². The van der Waals surface area contributed by atoms with E-state index in [9.17, 15) is 14.7 Å². The van der Waals surface area contributed by atoms with E-state index in [1.807, 2.05) is 25.1 Å². The van der Waals surface area contributed by atoms with Crippen molar-refractivity contribution in [3.8, 4) is 0 Å². The van der Waals surface area contributed by atoms with Gasteiger partial charge in [0.05, 0.1) is 5.69 Å². The fraction of sp³-hybridized carbons (Fsp3) is 0.222. The predicted octanol–water partition coefficient (Wildman–Crippen LogP) is 3.08. The third-order valence-corrected chi connectivity index (χ3v) is 3.95. The Hall–Kier alpha value is -2.46. The molecule has 1 heterocycles. The fourth-order valence-corrected chi connectivity index (χ4v) is 2.89.